The van der Waals surface area contributed by atoms with E-state index in [4.69, 9.17) is 4.74 Å². The molecule has 78 valence electrons. The fourth-order valence-corrected chi connectivity index (χ4v) is 3.19. The van der Waals surface area contributed by atoms with Crippen LogP contribution in [0.15, 0.2) is 0 Å². The van der Waals surface area contributed by atoms with Crippen LogP contribution in [0.5, 0.6) is 0 Å². The number of hydrogen-bond acceptors (Lipinski definition) is 4. The van der Waals surface area contributed by atoms with E-state index in [1.54, 1.807) is 0 Å². The molecular weight excluding hydrogens is 311 g/mol. The van der Waals surface area contributed by atoms with Gasteiger partial charge in [-0.05, 0) is 37.2 Å². The Balaban J connectivity index is 1.74. The van der Waals surface area contributed by atoms with Gasteiger partial charge in [0.25, 0.3) is 0 Å². The molecule has 0 N–H and O–H groups in total. The molecule has 1 heterocycles. The van der Waals surface area contributed by atoms with Gasteiger partial charge in [-0.2, -0.15) is 4.37 Å². The van der Waals surface area contributed by atoms with Gasteiger partial charge in [0.05, 0.1) is 6.10 Å². The normalized spacial score (nSPS) is 26.1. The second-order valence-corrected chi connectivity index (χ2v) is 5.38. The summed E-state index contributed by atoms with van der Waals surface area (Å²) >= 11 is 3.69. The van der Waals surface area contributed by atoms with Crippen LogP contribution >= 0.6 is 34.1 Å². The van der Waals surface area contributed by atoms with Gasteiger partial charge in [-0.3, -0.25) is 0 Å². The number of ether oxygens (including phenoxy) is 1. The van der Waals surface area contributed by atoms with Crippen LogP contribution < -0.4 is 0 Å². The van der Waals surface area contributed by atoms with Crippen LogP contribution in [0.25, 0.3) is 0 Å². The summed E-state index contributed by atoms with van der Waals surface area (Å²) in [6, 6.07) is 0. The summed E-state index contributed by atoms with van der Waals surface area (Å²) in [4.78, 5) is 4.36. The Kier molecular flexibility index (Phi) is 3.73. The molecule has 0 radical (unpaired) electrons. The average molecular weight is 324 g/mol. The number of halogens is 1. The lowest BCUT2D eigenvalue weighted by molar-refractivity contribution is -0.0240. The zero-order valence-corrected chi connectivity index (χ0v) is 11.0. The van der Waals surface area contributed by atoms with E-state index in [-0.39, 0.29) is 0 Å². The fraction of sp³-hybridized carbons (Fsp3) is 0.778. The molecule has 1 saturated carbocycles. The summed E-state index contributed by atoms with van der Waals surface area (Å²) < 4.78 is 10.6. The Bertz CT molecular complexity index is 299. The molecule has 1 aliphatic rings. The minimum atomic E-state index is 0.511. The Morgan fingerprint density at radius 2 is 2.36 bits per heavy atom. The second-order valence-electron chi connectivity index (χ2n) is 3.58. The van der Waals surface area contributed by atoms with Crippen LogP contribution in [0.2, 0.25) is 0 Å². The third kappa shape index (κ3) is 2.64. The molecule has 0 unspecified atom stereocenters. The first-order valence-corrected chi connectivity index (χ1v) is 6.72. The van der Waals surface area contributed by atoms with Gasteiger partial charge in [0.15, 0.2) is 0 Å². The molecule has 1 fully saturated rings. The first kappa shape index (κ1) is 10.8. The third-order valence-electron chi connectivity index (χ3n) is 2.50. The van der Waals surface area contributed by atoms with Crippen molar-refractivity contribution in [2.24, 2.45) is 5.92 Å². The summed E-state index contributed by atoms with van der Waals surface area (Å²) in [5.74, 6) is 0.773. The molecule has 1 aromatic rings. The van der Waals surface area contributed by atoms with Gasteiger partial charge in [-0.15, -0.1) is 0 Å². The molecule has 0 saturated heterocycles. The smallest absolute Gasteiger partial charge is 0.203 e. The molecular formula is C9H13IN2OS. The fourth-order valence-electron chi connectivity index (χ4n) is 1.78. The molecule has 3 nitrogen and oxygen atoms in total. The third-order valence-corrected chi connectivity index (χ3v) is 4.04. The van der Waals surface area contributed by atoms with Crippen molar-refractivity contribution < 1.29 is 4.74 Å². The van der Waals surface area contributed by atoms with Crippen LogP contribution in [0, 0.1) is 9.75 Å². The zero-order valence-electron chi connectivity index (χ0n) is 8.07. The van der Waals surface area contributed by atoms with E-state index in [1.807, 2.05) is 0 Å². The van der Waals surface area contributed by atoms with Gasteiger partial charge in [-0.25, -0.2) is 4.98 Å². The number of hydrogen-bond donors (Lipinski definition) is 0. The van der Waals surface area contributed by atoms with E-state index in [0.717, 1.165) is 22.8 Å². The number of aromatic nitrogens is 2. The lowest BCUT2D eigenvalue weighted by Crippen LogP contribution is -2.32. The van der Waals surface area contributed by atoms with Crippen LogP contribution in [0.3, 0.4) is 0 Å². The molecule has 0 aromatic carbocycles. The van der Waals surface area contributed by atoms with Crippen LogP contribution in [-0.2, 0) is 11.2 Å². The maximum atomic E-state index is 5.52. The lowest BCUT2D eigenvalue weighted by atomic mass is 9.80. The van der Waals surface area contributed by atoms with Crippen LogP contribution in [0.4, 0.5) is 0 Å². The van der Waals surface area contributed by atoms with E-state index in [9.17, 15) is 0 Å². The highest BCUT2D eigenvalue weighted by Gasteiger charge is 2.30. The molecule has 5 heteroatoms. The van der Waals surface area contributed by atoms with Crippen molar-refractivity contribution in [3.05, 3.63) is 8.84 Å². The van der Waals surface area contributed by atoms with Crippen molar-refractivity contribution in [2.45, 2.75) is 32.3 Å². The van der Waals surface area contributed by atoms with Gasteiger partial charge in [0.1, 0.15) is 5.01 Å². The van der Waals surface area contributed by atoms with Gasteiger partial charge in [0, 0.05) is 35.6 Å². The monoisotopic (exact) mass is 324 g/mol. The van der Waals surface area contributed by atoms with Crippen molar-refractivity contribution in [1.82, 2.24) is 9.36 Å². The van der Waals surface area contributed by atoms with Crippen molar-refractivity contribution in [3.63, 3.8) is 0 Å². The molecule has 0 aliphatic heterocycles. The van der Waals surface area contributed by atoms with E-state index in [2.05, 4.69) is 38.9 Å². The SMILES string of the molecule is CCOC1CC(Cc2nc(I)ns2)C1. The first-order valence-electron chi connectivity index (χ1n) is 4.87. The van der Waals surface area contributed by atoms with Gasteiger partial charge in [0.2, 0.25) is 3.83 Å². The van der Waals surface area contributed by atoms with E-state index < -0.39 is 0 Å². The number of nitrogens with zero attached hydrogens (tertiary/aromatic N) is 2. The Morgan fingerprint density at radius 1 is 1.57 bits per heavy atom. The van der Waals surface area contributed by atoms with Crippen molar-refractivity contribution in [2.75, 3.05) is 6.61 Å². The molecule has 0 amide bonds. The van der Waals surface area contributed by atoms with Gasteiger partial charge in [-0.1, -0.05) is 0 Å². The standard InChI is InChI=1S/C9H13IN2OS/c1-2-13-7-3-6(4-7)5-8-11-9(10)12-14-8/h6-7H,2-5H2,1H3. The molecule has 1 aliphatic carbocycles. The maximum Gasteiger partial charge on any atom is 0.203 e. The molecule has 0 atom stereocenters. The molecule has 2 rings (SSSR count). The molecule has 1 aromatic heterocycles. The first-order chi connectivity index (χ1) is 6.78. The second kappa shape index (κ2) is 4.85. The highest BCUT2D eigenvalue weighted by Crippen LogP contribution is 2.33. The summed E-state index contributed by atoms with van der Waals surface area (Å²) in [5.41, 5.74) is 0. The molecule has 14 heavy (non-hydrogen) atoms. The largest absolute Gasteiger partial charge is 0.378 e. The van der Waals surface area contributed by atoms with Gasteiger partial charge >= 0.3 is 0 Å². The Morgan fingerprint density at radius 3 is 2.93 bits per heavy atom. The highest BCUT2D eigenvalue weighted by molar-refractivity contribution is 14.1. The molecule has 0 spiro atoms. The van der Waals surface area contributed by atoms with Gasteiger partial charge < -0.3 is 4.74 Å². The average Bonchev–Trinajstić information content (AvgIpc) is 2.48. The highest BCUT2D eigenvalue weighted by atomic mass is 127. The zero-order chi connectivity index (χ0) is 9.97. The van der Waals surface area contributed by atoms with Crippen molar-refractivity contribution in [1.29, 1.82) is 0 Å². The Labute approximate surface area is 102 Å². The minimum Gasteiger partial charge on any atom is -0.378 e. The topological polar surface area (TPSA) is 35.0 Å². The predicted octanol–water partition coefficient (Wildman–Crippen LogP) is 2.50. The summed E-state index contributed by atoms with van der Waals surface area (Å²) in [7, 11) is 0. The van der Waals surface area contributed by atoms with Crippen LogP contribution in [-0.4, -0.2) is 22.1 Å². The van der Waals surface area contributed by atoms with Crippen LogP contribution in [0.1, 0.15) is 24.8 Å². The predicted molar refractivity (Wildman–Crippen MR) is 64.5 cm³/mol. The maximum absolute atomic E-state index is 5.52. The number of rotatable bonds is 4. The minimum absolute atomic E-state index is 0.511. The lowest BCUT2D eigenvalue weighted by Gasteiger charge is -2.34. The van der Waals surface area contributed by atoms with E-state index >= 15 is 0 Å². The van der Waals surface area contributed by atoms with E-state index in [0.29, 0.717) is 6.10 Å². The summed E-state index contributed by atoms with van der Waals surface area (Å²) in [6.07, 6.45) is 4.00. The quantitative estimate of drug-likeness (QED) is 0.798. The van der Waals surface area contributed by atoms with Crippen molar-refractivity contribution >= 4 is 34.1 Å². The Hall–Kier alpha value is 0.250. The van der Waals surface area contributed by atoms with E-state index in [1.165, 1.54) is 29.4 Å². The summed E-state index contributed by atoms with van der Waals surface area (Å²) in [5, 5.41) is 1.18. The molecule has 0 bridgehead atoms. The summed E-state index contributed by atoms with van der Waals surface area (Å²) in [6.45, 7) is 2.90. The van der Waals surface area contributed by atoms with Crippen molar-refractivity contribution in [3.8, 4) is 0 Å².